The van der Waals surface area contributed by atoms with Gasteiger partial charge in [-0.05, 0) is 34.6 Å². The van der Waals surface area contributed by atoms with Gasteiger partial charge in [0.05, 0.1) is 11.7 Å². The fourth-order valence-electron chi connectivity index (χ4n) is 1.36. The van der Waals surface area contributed by atoms with E-state index in [-0.39, 0.29) is 6.54 Å². The Morgan fingerprint density at radius 3 is 2.35 bits per heavy atom. The standard InChI is InChI=1S/C12H22N6O2/c1-11(2,3)15-10(20)14-9(19)7-18-6-8(16-17-18)12(4,5)13/h6H,7,13H2,1-5H3,(H2,14,15,19,20). The van der Waals surface area contributed by atoms with E-state index >= 15 is 0 Å². The van der Waals surface area contributed by atoms with Crippen molar-refractivity contribution in [2.45, 2.75) is 52.2 Å². The molecule has 1 heterocycles. The zero-order chi connectivity index (χ0) is 15.6. The van der Waals surface area contributed by atoms with Crippen LogP contribution in [0.2, 0.25) is 0 Å². The van der Waals surface area contributed by atoms with Gasteiger partial charge in [-0.2, -0.15) is 0 Å². The van der Waals surface area contributed by atoms with Gasteiger partial charge in [0.15, 0.2) is 0 Å². The third-order valence-electron chi connectivity index (χ3n) is 2.25. The number of urea groups is 1. The van der Waals surface area contributed by atoms with E-state index in [4.69, 9.17) is 5.73 Å². The van der Waals surface area contributed by atoms with Gasteiger partial charge >= 0.3 is 6.03 Å². The summed E-state index contributed by atoms with van der Waals surface area (Å²) in [4.78, 5) is 23.2. The van der Waals surface area contributed by atoms with Crippen molar-refractivity contribution in [3.63, 3.8) is 0 Å². The molecule has 0 aliphatic rings. The number of aromatic nitrogens is 3. The Labute approximate surface area is 118 Å². The minimum atomic E-state index is -0.627. The molecule has 0 bridgehead atoms. The SMILES string of the molecule is CC(C)(C)NC(=O)NC(=O)Cn1cc(C(C)(C)N)nn1. The number of amides is 3. The van der Waals surface area contributed by atoms with Crippen molar-refractivity contribution in [2.75, 3.05) is 0 Å². The highest BCUT2D eigenvalue weighted by atomic mass is 16.2. The van der Waals surface area contributed by atoms with Gasteiger partial charge in [0.1, 0.15) is 12.2 Å². The molecule has 112 valence electrons. The van der Waals surface area contributed by atoms with Gasteiger partial charge in [0, 0.05) is 5.54 Å². The molecule has 1 aromatic rings. The molecular formula is C12H22N6O2. The van der Waals surface area contributed by atoms with Crippen LogP contribution in [0.25, 0.3) is 0 Å². The van der Waals surface area contributed by atoms with Gasteiger partial charge in [-0.3, -0.25) is 10.1 Å². The second kappa shape index (κ2) is 5.58. The van der Waals surface area contributed by atoms with Crippen LogP contribution in [0.1, 0.15) is 40.3 Å². The van der Waals surface area contributed by atoms with Crippen LogP contribution in [0, 0.1) is 0 Å². The number of hydrogen-bond acceptors (Lipinski definition) is 5. The maximum atomic E-state index is 11.7. The predicted octanol–water partition coefficient (Wildman–Crippen LogP) is 0.0962. The summed E-state index contributed by atoms with van der Waals surface area (Å²) in [5, 5.41) is 12.5. The Morgan fingerprint density at radius 2 is 1.90 bits per heavy atom. The van der Waals surface area contributed by atoms with Crippen molar-refractivity contribution in [1.82, 2.24) is 25.6 Å². The molecule has 4 N–H and O–H groups in total. The average molecular weight is 282 g/mol. The minimum Gasteiger partial charge on any atom is -0.333 e. The lowest BCUT2D eigenvalue weighted by molar-refractivity contribution is -0.120. The summed E-state index contributed by atoms with van der Waals surface area (Å²) in [6.45, 7) is 8.95. The first-order chi connectivity index (χ1) is 8.97. The molecule has 0 spiro atoms. The van der Waals surface area contributed by atoms with Gasteiger partial charge in [0.25, 0.3) is 0 Å². The average Bonchev–Trinajstić information content (AvgIpc) is 2.61. The predicted molar refractivity (Wildman–Crippen MR) is 73.7 cm³/mol. The Balaban J connectivity index is 2.55. The highest BCUT2D eigenvalue weighted by Gasteiger charge is 2.20. The summed E-state index contributed by atoms with van der Waals surface area (Å²) in [6, 6.07) is -0.540. The summed E-state index contributed by atoms with van der Waals surface area (Å²) in [5.41, 5.74) is 5.41. The van der Waals surface area contributed by atoms with Crippen LogP contribution in [0.15, 0.2) is 6.20 Å². The Kier molecular flexibility index (Phi) is 4.49. The summed E-state index contributed by atoms with van der Waals surface area (Å²) in [6.07, 6.45) is 1.58. The molecule has 0 radical (unpaired) electrons. The molecule has 3 amide bonds. The van der Waals surface area contributed by atoms with Crippen LogP contribution in [-0.2, 0) is 16.9 Å². The quantitative estimate of drug-likeness (QED) is 0.727. The molecular weight excluding hydrogens is 260 g/mol. The number of carbonyl (C=O) groups is 2. The summed E-state index contributed by atoms with van der Waals surface area (Å²) in [5.74, 6) is -0.474. The number of nitrogens with two attached hydrogens (primary N) is 1. The number of rotatable bonds is 3. The molecule has 0 saturated heterocycles. The van der Waals surface area contributed by atoms with Crippen molar-refractivity contribution in [3.8, 4) is 0 Å². The molecule has 0 aliphatic heterocycles. The van der Waals surface area contributed by atoms with E-state index in [9.17, 15) is 9.59 Å². The molecule has 0 saturated carbocycles. The number of hydrogen-bond donors (Lipinski definition) is 3. The number of carbonyl (C=O) groups excluding carboxylic acids is 2. The van der Waals surface area contributed by atoms with E-state index in [1.165, 1.54) is 4.68 Å². The molecule has 0 aliphatic carbocycles. The minimum absolute atomic E-state index is 0.0966. The monoisotopic (exact) mass is 282 g/mol. The van der Waals surface area contributed by atoms with Gasteiger partial charge < -0.3 is 11.1 Å². The van der Waals surface area contributed by atoms with Gasteiger partial charge in [0.2, 0.25) is 5.91 Å². The molecule has 0 unspecified atom stereocenters. The van der Waals surface area contributed by atoms with Crippen LogP contribution < -0.4 is 16.4 Å². The molecule has 8 nitrogen and oxygen atoms in total. The van der Waals surface area contributed by atoms with Crippen LogP contribution in [0.4, 0.5) is 4.79 Å². The van der Waals surface area contributed by atoms with Gasteiger partial charge in [-0.1, -0.05) is 5.21 Å². The zero-order valence-electron chi connectivity index (χ0n) is 12.5. The Hall–Kier alpha value is -1.96. The first-order valence-electron chi connectivity index (χ1n) is 6.29. The van der Waals surface area contributed by atoms with Crippen LogP contribution in [0.5, 0.6) is 0 Å². The van der Waals surface area contributed by atoms with Crippen LogP contribution in [-0.4, -0.2) is 32.5 Å². The highest BCUT2D eigenvalue weighted by Crippen LogP contribution is 2.12. The van der Waals surface area contributed by atoms with E-state index in [0.29, 0.717) is 5.69 Å². The first kappa shape index (κ1) is 16.1. The third-order valence-corrected chi connectivity index (χ3v) is 2.25. The highest BCUT2D eigenvalue weighted by molar-refractivity contribution is 5.94. The maximum Gasteiger partial charge on any atom is 0.321 e. The lowest BCUT2D eigenvalue weighted by atomic mass is 10.0. The lowest BCUT2D eigenvalue weighted by Gasteiger charge is -2.20. The summed E-state index contributed by atoms with van der Waals surface area (Å²) >= 11 is 0. The maximum absolute atomic E-state index is 11.7. The van der Waals surface area contributed by atoms with E-state index < -0.39 is 23.0 Å². The largest absolute Gasteiger partial charge is 0.333 e. The zero-order valence-corrected chi connectivity index (χ0v) is 12.5. The first-order valence-corrected chi connectivity index (χ1v) is 6.29. The van der Waals surface area contributed by atoms with Crippen LogP contribution >= 0.6 is 0 Å². The number of nitrogens with zero attached hydrogens (tertiary/aromatic N) is 3. The van der Waals surface area contributed by atoms with E-state index in [1.807, 2.05) is 20.8 Å². The third kappa shape index (κ3) is 5.35. The molecule has 0 atom stereocenters. The molecule has 1 aromatic heterocycles. The second-order valence-corrected chi connectivity index (χ2v) is 6.28. The fraction of sp³-hybridized carbons (Fsp3) is 0.667. The van der Waals surface area contributed by atoms with Crippen molar-refractivity contribution in [2.24, 2.45) is 5.73 Å². The van der Waals surface area contributed by atoms with E-state index in [1.54, 1.807) is 20.0 Å². The Bertz CT molecular complexity index is 495. The molecule has 20 heavy (non-hydrogen) atoms. The topological polar surface area (TPSA) is 115 Å². The Morgan fingerprint density at radius 1 is 1.30 bits per heavy atom. The van der Waals surface area contributed by atoms with Gasteiger partial charge in [-0.15, -0.1) is 5.10 Å². The normalized spacial score (nSPS) is 12.1. The summed E-state index contributed by atoms with van der Waals surface area (Å²) < 4.78 is 1.34. The molecule has 1 rings (SSSR count). The smallest absolute Gasteiger partial charge is 0.321 e. The number of nitrogens with one attached hydrogen (secondary N) is 2. The van der Waals surface area contributed by atoms with E-state index in [0.717, 1.165) is 0 Å². The van der Waals surface area contributed by atoms with Crippen molar-refractivity contribution in [3.05, 3.63) is 11.9 Å². The van der Waals surface area contributed by atoms with Crippen molar-refractivity contribution >= 4 is 11.9 Å². The van der Waals surface area contributed by atoms with Crippen LogP contribution in [0.3, 0.4) is 0 Å². The van der Waals surface area contributed by atoms with Crippen molar-refractivity contribution in [1.29, 1.82) is 0 Å². The second-order valence-electron chi connectivity index (χ2n) is 6.28. The summed E-state index contributed by atoms with van der Waals surface area (Å²) in [7, 11) is 0. The van der Waals surface area contributed by atoms with Gasteiger partial charge in [-0.25, -0.2) is 9.48 Å². The van der Waals surface area contributed by atoms with Crippen molar-refractivity contribution < 1.29 is 9.59 Å². The molecule has 8 heteroatoms. The molecule has 0 aromatic carbocycles. The van der Waals surface area contributed by atoms with E-state index in [2.05, 4.69) is 20.9 Å². The number of imide groups is 1. The fourth-order valence-corrected chi connectivity index (χ4v) is 1.36. The lowest BCUT2D eigenvalue weighted by Crippen LogP contribution is -2.48. The molecule has 0 fully saturated rings.